The third kappa shape index (κ3) is 2.97. The SMILES string of the molecule is CN(C)C(=O)[C@@H]1CN(C(=O)c2n[nH]c3c2CCCC3)CCN1C. The number of aryl methyl sites for hydroxylation is 1. The number of carbonyl (C=O) groups is 2. The number of aromatic nitrogens is 2. The van der Waals surface area contributed by atoms with Crippen molar-refractivity contribution < 1.29 is 9.59 Å². The summed E-state index contributed by atoms with van der Waals surface area (Å²) in [5, 5.41) is 7.30. The summed E-state index contributed by atoms with van der Waals surface area (Å²) in [6.45, 7) is 1.75. The number of hydrogen-bond acceptors (Lipinski definition) is 4. The Labute approximate surface area is 136 Å². The molecule has 1 aromatic rings. The van der Waals surface area contributed by atoms with Crippen LogP contribution in [0.5, 0.6) is 0 Å². The molecule has 1 atom stereocenters. The van der Waals surface area contributed by atoms with Crippen LogP contribution in [0.2, 0.25) is 0 Å². The van der Waals surface area contributed by atoms with Crippen LogP contribution in [0.15, 0.2) is 0 Å². The van der Waals surface area contributed by atoms with E-state index in [0.717, 1.165) is 36.9 Å². The summed E-state index contributed by atoms with van der Waals surface area (Å²) in [5.74, 6) is -0.0110. The van der Waals surface area contributed by atoms with Crippen molar-refractivity contribution in [2.24, 2.45) is 0 Å². The number of aromatic amines is 1. The second-order valence-corrected chi connectivity index (χ2v) is 6.72. The molecule has 3 rings (SSSR count). The Morgan fingerprint density at radius 2 is 1.96 bits per heavy atom. The third-order valence-corrected chi connectivity index (χ3v) is 4.92. The first kappa shape index (κ1) is 16.0. The summed E-state index contributed by atoms with van der Waals surface area (Å²) < 4.78 is 0. The zero-order valence-corrected chi connectivity index (χ0v) is 14.1. The van der Waals surface area contributed by atoms with Gasteiger partial charge in [0.1, 0.15) is 6.04 Å². The van der Waals surface area contributed by atoms with Crippen LogP contribution in [0, 0.1) is 0 Å². The van der Waals surface area contributed by atoms with Gasteiger partial charge in [0.25, 0.3) is 5.91 Å². The van der Waals surface area contributed by atoms with Gasteiger partial charge in [-0.3, -0.25) is 19.6 Å². The standard InChI is InChI=1S/C16H25N5O2/c1-19(2)15(22)13-10-21(9-8-20(13)3)16(23)14-11-6-4-5-7-12(11)17-18-14/h13H,4-10H2,1-3H3,(H,17,18)/t13-/m0/s1. The van der Waals surface area contributed by atoms with Crippen LogP contribution in [-0.4, -0.2) is 83.5 Å². The Morgan fingerprint density at radius 1 is 1.22 bits per heavy atom. The maximum atomic E-state index is 12.9. The van der Waals surface area contributed by atoms with Crippen molar-refractivity contribution in [2.75, 3.05) is 40.8 Å². The molecule has 0 unspecified atom stereocenters. The summed E-state index contributed by atoms with van der Waals surface area (Å²) >= 11 is 0. The fourth-order valence-corrected chi connectivity index (χ4v) is 3.43. The van der Waals surface area contributed by atoms with Crippen molar-refractivity contribution in [1.82, 2.24) is 24.9 Å². The van der Waals surface area contributed by atoms with E-state index in [9.17, 15) is 9.59 Å². The molecule has 126 valence electrons. The number of H-pyrrole nitrogens is 1. The molecule has 1 fully saturated rings. The first-order chi connectivity index (χ1) is 11.0. The Balaban J connectivity index is 1.77. The molecule has 2 aliphatic rings. The Morgan fingerprint density at radius 3 is 2.70 bits per heavy atom. The van der Waals surface area contributed by atoms with E-state index < -0.39 is 0 Å². The van der Waals surface area contributed by atoms with Gasteiger partial charge in [0, 0.05) is 45.0 Å². The van der Waals surface area contributed by atoms with Gasteiger partial charge in [-0.2, -0.15) is 5.10 Å². The van der Waals surface area contributed by atoms with Gasteiger partial charge in [0.05, 0.1) is 0 Å². The predicted octanol–water partition coefficient (Wildman–Crippen LogP) is 0.133. The molecule has 2 heterocycles. The van der Waals surface area contributed by atoms with Crippen LogP contribution in [-0.2, 0) is 17.6 Å². The maximum Gasteiger partial charge on any atom is 0.274 e. The Kier molecular flexibility index (Phi) is 4.39. The van der Waals surface area contributed by atoms with Crippen molar-refractivity contribution in [3.63, 3.8) is 0 Å². The van der Waals surface area contributed by atoms with Crippen molar-refractivity contribution in [3.8, 4) is 0 Å². The molecule has 7 heteroatoms. The van der Waals surface area contributed by atoms with Crippen LogP contribution >= 0.6 is 0 Å². The van der Waals surface area contributed by atoms with E-state index in [0.29, 0.717) is 25.3 Å². The third-order valence-electron chi connectivity index (χ3n) is 4.92. The molecule has 0 saturated carbocycles. The molecule has 2 amide bonds. The number of carbonyl (C=O) groups excluding carboxylic acids is 2. The summed E-state index contributed by atoms with van der Waals surface area (Å²) in [5.41, 5.74) is 2.74. The number of nitrogens with zero attached hydrogens (tertiary/aromatic N) is 4. The zero-order chi connectivity index (χ0) is 16.6. The lowest BCUT2D eigenvalue weighted by atomic mass is 9.95. The van der Waals surface area contributed by atoms with Crippen molar-refractivity contribution in [1.29, 1.82) is 0 Å². The summed E-state index contributed by atoms with van der Waals surface area (Å²) in [7, 11) is 5.44. The quantitative estimate of drug-likeness (QED) is 0.841. The van der Waals surface area contributed by atoms with E-state index in [-0.39, 0.29) is 17.9 Å². The molecule has 0 spiro atoms. The maximum absolute atomic E-state index is 12.9. The molecular formula is C16H25N5O2. The monoisotopic (exact) mass is 319 g/mol. The lowest BCUT2D eigenvalue weighted by Gasteiger charge is -2.39. The minimum absolute atomic E-state index is 0.0362. The number of rotatable bonds is 2. The number of amides is 2. The van der Waals surface area contributed by atoms with Crippen LogP contribution in [0.4, 0.5) is 0 Å². The van der Waals surface area contributed by atoms with Gasteiger partial charge >= 0.3 is 0 Å². The second kappa shape index (κ2) is 6.31. The number of nitrogens with one attached hydrogen (secondary N) is 1. The highest BCUT2D eigenvalue weighted by Crippen LogP contribution is 2.24. The zero-order valence-electron chi connectivity index (χ0n) is 14.1. The summed E-state index contributed by atoms with van der Waals surface area (Å²) in [4.78, 5) is 30.6. The van der Waals surface area contributed by atoms with Crippen LogP contribution in [0.1, 0.15) is 34.6 Å². The average Bonchev–Trinajstić information content (AvgIpc) is 2.98. The molecule has 0 aromatic carbocycles. The minimum atomic E-state index is -0.280. The van der Waals surface area contributed by atoms with Crippen molar-refractivity contribution >= 4 is 11.8 Å². The highest BCUT2D eigenvalue weighted by molar-refractivity contribution is 5.95. The fraction of sp³-hybridized carbons (Fsp3) is 0.688. The molecule has 1 aliphatic heterocycles. The average molecular weight is 319 g/mol. The van der Waals surface area contributed by atoms with E-state index in [2.05, 4.69) is 10.2 Å². The normalized spacial score (nSPS) is 21.9. The molecule has 23 heavy (non-hydrogen) atoms. The highest BCUT2D eigenvalue weighted by Gasteiger charge is 2.35. The van der Waals surface area contributed by atoms with Crippen LogP contribution < -0.4 is 0 Å². The van der Waals surface area contributed by atoms with Gasteiger partial charge in [-0.1, -0.05) is 0 Å². The summed E-state index contributed by atoms with van der Waals surface area (Å²) in [6, 6.07) is -0.280. The van der Waals surface area contributed by atoms with E-state index in [4.69, 9.17) is 0 Å². The first-order valence-electron chi connectivity index (χ1n) is 8.26. The van der Waals surface area contributed by atoms with Gasteiger partial charge in [0.2, 0.25) is 5.91 Å². The van der Waals surface area contributed by atoms with Crippen LogP contribution in [0.3, 0.4) is 0 Å². The Hall–Kier alpha value is -1.89. The topological polar surface area (TPSA) is 72.5 Å². The number of likely N-dealkylation sites (N-methyl/N-ethyl adjacent to an activating group) is 2. The highest BCUT2D eigenvalue weighted by atomic mass is 16.2. The lowest BCUT2D eigenvalue weighted by molar-refractivity contribution is -0.135. The fourth-order valence-electron chi connectivity index (χ4n) is 3.43. The van der Waals surface area contributed by atoms with E-state index in [1.165, 1.54) is 0 Å². The van der Waals surface area contributed by atoms with Gasteiger partial charge in [0.15, 0.2) is 5.69 Å². The summed E-state index contributed by atoms with van der Waals surface area (Å²) in [6.07, 6.45) is 4.15. The second-order valence-electron chi connectivity index (χ2n) is 6.72. The van der Waals surface area contributed by atoms with Gasteiger partial charge in [-0.05, 0) is 32.7 Å². The molecule has 0 bridgehead atoms. The van der Waals surface area contributed by atoms with Gasteiger partial charge in [-0.25, -0.2) is 0 Å². The smallest absolute Gasteiger partial charge is 0.274 e. The number of piperazine rings is 1. The van der Waals surface area contributed by atoms with Crippen LogP contribution in [0.25, 0.3) is 0 Å². The van der Waals surface area contributed by atoms with E-state index in [1.54, 1.807) is 23.9 Å². The molecule has 7 nitrogen and oxygen atoms in total. The lowest BCUT2D eigenvalue weighted by Crippen LogP contribution is -2.58. The predicted molar refractivity (Wildman–Crippen MR) is 86.2 cm³/mol. The largest absolute Gasteiger partial charge is 0.347 e. The number of fused-ring (bicyclic) bond motifs is 1. The molecular weight excluding hydrogens is 294 g/mol. The van der Waals surface area contributed by atoms with E-state index >= 15 is 0 Å². The number of hydrogen-bond donors (Lipinski definition) is 1. The van der Waals surface area contributed by atoms with Crippen molar-refractivity contribution in [2.45, 2.75) is 31.7 Å². The van der Waals surface area contributed by atoms with E-state index in [1.807, 2.05) is 11.9 Å². The molecule has 1 aliphatic carbocycles. The van der Waals surface area contributed by atoms with Crippen molar-refractivity contribution in [3.05, 3.63) is 17.0 Å². The molecule has 1 aromatic heterocycles. The molecule has 1 saturated heterocycles. The molecule has 1 N–H and O–H groups in total. The minimum Gasteiger partial charge on any atom is -0.347 e. The molecule has 0 radical (unpaired) electrons. The van der Waals surface area contributed by atoms with Gasteiger partial charge < -0.3 is 9.80 Å². The first-order valence-corrected chi connectivity index (χ1v) is 8.26. The van der Waals surface area contributed by atoms with Gasteiger partial charge in [-0.15, -0.1) is 0 Å². The Bertz CT molecular complexity index is 610.